The van der Waals surface area contributed by atoms with Gasteiger partial charge in [-0.15, -0.1) is 0 Å². The summed E-state index contributed by atoms with van der Waals surface area (Å²) in [6.45, 7) is 0. The van der Waals surface area contributed by atoms with Crippen LogP contribution in [0, 0.1) is 0 Å². The third kappa shape index (κ3) is 2.93. The molecule has 0 saturated heterocycles. The Bertz CT molecular complexity index is 803. The lowest BCUT2D eigenvalue weighted by Gasteiger charge is -2.11. The Morgan fingerprint density at radius 3 is 2.45 bits per heavy atom. The lowest BCUT2D eigenvalue weighted by atomic mass is 10.1. The van der Waals surface area contributed by atoms with Gasteiger partial charge < -0.3 is 10.6 Å². The van der Waals surface area contributed by atoms with Gasteiger partial charge in [-0.25, -0.2) is 10.3 Å². The van der Waals surface area contributed by atoms with Gasteiger partial charge in [-0.2, -0.15) is 0 Å². The van der Waals surface area contributed by atoms with E-state index in [0.717, 1.165) is 10.8 Å². The van der Waals surface area contributed by atoms with Crippen molar-refractivity contribution >= 4 is 33.9 Å². The third-order valence-electron chi connectivity index (χ3n) is 3.24. The summed E-state index contributed by atoms with van der Waals surface area (Å²) in [5, 5.41) is 4.53. The van der Waals surface area contributed by atoms with Crippen LogP contribution in [-0.2, 0) is 4.84 Å². The summed E-state index contributed by atoms with van der Waals surface area (Å²) in [7, 11) is 0. The molecule has 4 N–H and O–H groups in total. The molecule has 0 heterocycles. The number of fused-ring (bicyclic) bond motifs is 1. The predicted molar refractivity (Wildman–Crippen MR) is 88.5 cm³/mol. The van der Waals surface area contributed by atoms with Crippen molar-refractivity contribution in [3.05, 3.63) is 66.7 Å². The van der Waals surface area contributed by atoms with E-state index in [9.17, 15) is 4.79 Å². The second-order valence-electron chi connectivity index (χ2n) is 4.73. The van der Waals surface area contributed by atoms with Crippen molar-refractivity contribution in [3.63, 3.8) is 0 Å². The summed E-state index contributed by atoms with van der Waals surface area (Å²) in [5.41, 5.74) is 10.4. The number of para-hydroxylation sites is 1. The number of amides is 1. The van der Waals surface area contributed by atoms with Gasteiger partial charge in [-0.3, -0.25) is 5.32 Å². The van der Waals surface area contributed by atoms with Crippen LogP contribution in [0.25, 0.3) is 10.8 Å². The second-order valence-corrected chi connectivity index (χ2v) is 4.73. The highest BCUT2D eigenvalue weighted by molar-refractivity contribution is 5.99. The molecule has 3 aromatic carbocycles. The Labute approximate surface area is 127 Å². The molecule has 110 valence electrons. The first kappa shape index (κ1) is 13.8. The van der Waals surface area contributed by atoms with Gasteiger partial charge in [0.2, 0.25) is 0 Å². The summed E-state index contributed by atoms with van der Waals surface area (Å²) in [4.78, 5) is 16.7. The van der Waals surface area contributed by atoms with Crippen LogP contribution in [0.4, 0.5) is 21.9 Å². The van der Waals surface area contributed by atoms with E-state index >= 15 is 0 Å². The van der Waals surface area contributed by atoms with Gasteiger partial charge in [0, 0.05) is 11.1 Å². The molecule has 5 heteroatoms. The first-order valence-corrected chi connectivity index (χ1v) is 6.80. The maximum atomic E-state index is 11.7. The molecule has 0 bridgehead atoms. The minimum absolute atomic E-state index is 0.533. The molecule has 0 fully saturated rings. The minimum atomic E-state index is -0.612. The van der Waals surface area contributed by atoms with Gasteiger partial charge in [0.1, 0.15) is 0 Å². The summed E-state index contributed by atoms with van der Waals surface area (Å²) in [6.07, 6.45) is -0.612. The molecular weight excluding hydrogens is 278 g/mol. The molecule has 0 saturated carbocycles. The smallest absolute Gasteiger partial charge is 0.396 e. The molecule has 0 radical (unpaired) electrons. The monoisotopic (exact) mass is 293 g/mol. The standard InChI is InChI=1S/C17H15N3O2/c18-16-14-9-5-4-6-12(14)10-11-15(16)20-22-17(21)19-13-7-2-1-3-8-13/h1-11,20H,18H2,(H,19,21). The van der Waals surface area contributed by atoms with E-state index in [0.29, 0.717) is 17.1 Å². The lowest BCUT2D eigenvalue weighted by Crippen LogP contribution is -2.17. The van der Waals surface area contributed by atoms with Crippen LogP contribution in [0.1, 0.15) is 0 Å². The Balaban J connectivity index is 1.69. The van der Waals surface area contributed by atoms with E-state index in [2.05, 4.69) is 10.8 Å². The molecule has 3 aromatic rings. The molecule has 0 aliphatic heterocycles. The number of anilines is 3. The van der Waals surface area contributed by atoms with Gasteiger partial charge in [-0.05, 0) is 23.6 Å². The number of nitrogens with two attached hydrogens (primary N) is 1. The van der Waals surface area contributed by atoms with E-state index in [-0.39, 0.29) is 0 Å². The first-order chi connectivity index (χ1) is 10.7. The van der Waals surface area contributed by atoms with Gasteiger partial charge in [0.05, 0.1) is 11.4 Å². The van der Waals surface area contributed by atoms with Crippen LogP contribution in [0.5, 0.6) is 0 Å². The molecule has 0 aliphatic rings. The number of carbonyl (C=O) groups is 1. The fraction of sp³-hybridized carbons (Fsp3) is 0. The van der Waals surface area contributed by atoms with E-state index in [1.54, 1.807) is 18.2 Å². The quantitative estimate of drug-likeness (QED) is 0.504. The van der Waals surface area contributed by atoms with Crippen molar-refractivity contribution in [1.29, 1.82) is 0 Å². The van der Waals surface area contributed by atoms with E-state index in [4.69, 9.17) is 10.6 Å². The van der Waals surface area contributed by atoms with Gasteiger partial charge >= 0.3 is 6.09 Å². The number of hydrogen-bond acceptors (Lipinski definition) is 4. The molecule has 5 nitrogen and oxygen atoms in total. The average Bonchev–Trinajstić information content (AvgIpc) is 2.55. The molecular formula is C17H15N3O2. The number of nitrogens with one attached hydrogen (secondary N) is 2. The highest BCUT2D eigenvalue weighted by Crippen LogP contribution is 2.28. The minimum Gasteiger partial charge on any atom is -0.396 e. The summed E-state index contributed by atoms with van der Waals surface area (Å²) in [5.74, 6) is 0. The first-order valence-electron chi connectivity index (χ1n) is 6.80. The largest absolute Gasteiger partial charge is 0.435 e. The topological polar surface area (TPSA) is 76.4 Å². The molecule has 0 spiro atoms. The Hall–Kier alpha value is -3.21. The van der Waals surface area contributed by atoms with Crippen molar-refractivity contribution in [1.82, 2.24) is 0 Å². The van der Waals surface area contributed by atoms with E-state index in [1.807, 2.05) is 48.5 Å². The molecule has 0 aliphatic carbocycles. The van der Waals surface area contributed by atoms with Crippen LogP contribution in [0.3, 0.4) is 0 Å². The molecule has 3 rings (SSSR count). The fourth-order valence-electron chi connectivity index (χ4n) is 2.15. The fourth-order valence-corrected chi connectivity index (χ4v) is 2.15. The van der Waals surface area contributed by atoms with Crippen LogP contribution in [0.15, 0.2) is 66.7 Å². The third-order valence-corrected chi connectivity index (χ3v) is 3.24. The van der Waals surface area contributed by atoms with Crippen molar-refractivity contribution in [2.45, 2.75) is 0 Å². The zero-order valence-electron chi connectivity index (χ0n) is 11.7. The summed E-state index contributed by atoms with van der Waals surface area (Å²) >= 11 is 0. The SMILES string of the molecule is Nc1c(NOC(=O)Nc2ccccc2)ccc2ccccc12. The normalized spacial score (nSPS) is 10.2. The Morgan fingerprint density at radius 1 is 0.909 bits per heavy atom. The van der Waals surface area contributed by atoms with Gasteiger partial charge in [-0.1, -0.05) is 48.5 Å². The highest BCUT2D eigenvalue weighted by Gasteiger charge is 2.07. The molecule has 22 heavy (non-hydrogen) atoms. The number of hydrogen-bond donors (Lipinski definition) is 3. The second kappa shape index (κ2) is 6.05. The van der Waals surface area contributed by atoms with Crippen LogP contribution >= 0.6 is 0 Å². The van der Waals surface area contributed by atoms with Gasteiger partial charge in [0.25, 0.3) is 0 Å². The number of carbonyl (C=O) groups excluding carboxylic acids is 1. The Kier molecular flexibility index (Phi) is 3.78. The highest BCUT2D eigenvalue weighted by atomic mass is 16.7. The van der Waals surface area contributed by atoms with Crippen LogP contribution < -0.4 is 16.5 Å². The van der Waals surface area contributed by atoms with Crippen molar-refractivity contribution in [2.24, 2.45) is 0 Å². The molecule has 0 aromatic heterocycles. The van der Waals surface area contributed by atoms with Crippen molar-refractivity contribution < 1.29 is 9.63 Å². The van der Waals surface area contributed by atoms with Crippen LogP contribution in [-0.4, -0.2) is 6.09 Å². The average molecular weight is 293 g/mol. The Morgan fingerprint density at radius 2 is 1.64 bits per heavy atom. The van der Waals surface area contributed by atoms with E-state index in [1.165, 1.54) is 0 Å². The maximum absolute atomic E-state index is 11.7. The van der Waals surface area contributed by atoms with Crippen LogP contribution in [0.2, 0.25) is 0 Å². The molecule has 1 amide bonds. The summed E-state index contributed by atoms with van der Waals surface area (Å²) in [6, 6.07) is 20.5. The molecule has 0 unspecified atom stereocenters. The zero-order chi connectivity index (χ0) is 15.4. The predicted octanol–water partition coefficient (Wildman–Crippen LogP) is 4.00. The number of nitrogen functional groups attached to an aromatic ring is 1. The summed E-state index contributed by atoms with van der Waals surface area (Å²) < 4.78 is 0. The van der Waals surface area contributed by atoms with E-state index < -0.39 is 6.09 Å². The van der Waals surface area contributed by atoms with Gasteiger partial charge in [0.15, 0.2) is 0 Å². The number of rotatable bonds is 3. The number of benzene rings is 3. The lowest BCUT2D eigenvalue weighted by molar-refractivity contribution is 0.185. The van der Waals surface area contributed by atoms with Crippen molar-refractivity contribution in [2.75, 3.05) is 16.5 Å². The van der Waals surface area contributed by atoms with Crippen molar-refractivity contribution in [3.8, 4) is 0 Å². The maximum Gasteiger partial charge on any atom is 0.435 e. The zero-order valence-corrected chi connectivity index (χ0v) is 11.7. The molecule has 0 atom stereocenters.